The first kappa shape index (κ1) is 20.4. The number of H-pyrrole nitrogens is 1. The number of para-hydroxylation sites is 3. The summed E-state index contributed by atoms with van der Waals surface area (Å²) in [5, 5.41) is 1.28. The molecule has 156 valence electrons. The van der Waals surface area contributed by atoms with Crippen molar-refractivity contribution in [3.8, 4) is 0 Å². The molecule has 0 saturated heterocycles. The van der Waals surface area contributed by atoms with Gasteiger partial charge in [-0.05, 0) is 37.6 Å². The second kappa shape index (κ2) is 8.89. The van der Waals surface area contributed by atoms with E-state index in [0.29, 0.717) is 29.2 Å². The van der Waals surface area contributed by atoms with Crippen molar-refractivity contribution in [3.05, 3.63) is 69.4 Å². The molecule has 0 saturated carbocycles. The predicted octanol–water partition coefficient (Wildman–Crippen LogP) is 3.43. The number of hydrogen-bond donors (Lipinski definition) is 1. The Hall–Kier alpha value is -2.84. The van der Waals surface area contributed by atoms with E-state index in [1.54, 1.807) is 22.3 Å². The van der Waals surface area contributed by atoms with Gasteiger partial charge in [0.05, 0.1) is 34.6 Å². The van der Waals surface area contributed by atoms with Crippen LogP contribution in [0, 0.1) is 0 Å². The summed E-state index contributed by atoms with van der Waals surface area (Å²) in [5.41, 5.74) is 2.28. The number of aromatic amines is 1. The van der Waals surface area contributed by atoms with Gasteiger partial charge in [0.2, 0.25) is 0 Å². The third kappa shape index (κ3) is 3.93. The van der Waals surface area contributed by atoms with Gasteiger partial charge in [-0.15, -0.1) is 0 Å². The van der Waals surface area contributed by atoms with Crippen molar-refractivity contribution in [3.63, 3.8) is 0 Å². The van der Waals surface area contributed by atoms with Crippen LogP contribution in [0.3, 0.4) is 0 Å². The summed E-state index contributed by atoms with van der Waals surface area (Å²) >= 11 is 1.53. The summed E-state index contributed by atoms with van der Waals surface area (Å²) in [6, 6.07) is 14.9. The molecule has 0 amide bonds. The molecule has 0 aliphatic rings. The Morgan fingerprint density at radius 1 is 1.13 bits per heavy atom. The van der Waals surface area contributed by atoms with Crippen LogP contribution in [0.4, 0.5) is 0 Å². The largest absolute Gasteiger partial charge is 0.383 e. The molecule has 4 aromatic rings. The van der Waals surface area contributed by atoms with E-state index in [1.165, 1.54) is 11.8 Å². The van der Waals surface area contributed by atoms with Gasteiger partial charge in [0, 0.05) is 19.4 Å². The van der Waals surface area contributed by atoms with Crippen molar-refractivity contribution in [2.24, 2.45) is 0 Å². The van der Waals surface area contributed by atoms with E-state index in [4.69, 9.17) is 9.72 Å². The number of fused-ring (bicyclic) bond motifs is 2. The number of aryl methyl sites for hydroxylation is 1. The fraction of sp³-hybridized carbons (Fsp3) is 0.318. The molecule has 0 aliphatic carbocycles. The number of imidazole rings is 1. The number of ether oxygens (including phenoxy) is 1. The lowest BCUT2D eigenvalue weighted by Crippen LogP contribution is -2.28. The zero-order chi connectivity index (χ0) is 21.1. The van der Waals surface area contributed by atoms with E-state index < -0.39 is 0 Å². The lowest BCUT2D eigenvalue weighted by molar-refractivity contribution is 0.156. The molecule has 2 aromatic carbocycles. The standard InChI is InChI=1S/C22H24N4O3S/c1-15(14-29-2)26-20(27)16-8-3-4-9-17(16)24-22(26)30-13-7-12-25-19-11-6-5-10-18(19)23-21(25)28/h3-6,8-11,15H,7,12-14H2,1-2H3,(H,23,28)/t15-/m1/s1. The van der Waals surface area contributed by atoms with Crippen LogP contribution in [-0.2, 0) is 11.3 Å². The highest BCUT2D eigenvalue weighted by Crippen LogP contribution is 2.22. The van der Waals surface area contributed by atoms with Gasteiger partial charge in [-0.25, -0.2) is 9.78 Å². The van der Waals surface area contributed by atoms with Gasteiger partial charge < -0.3 is 9.72 Å². The van der Waals surface area contributed by atoms with Crippen molar-refractivity contribution in [1.82, 2.24) is 19.1 Å². The first-order valence-corrected chi connectivity index (χ1v) is 10.9. The SMILES string of the molecule is COC[C@@H](C)n1c(SCCCn2c(=O)[nH]c3ccccc32)nc2ccccc2c1=O. The third-order valence-electron chi connectivity index (χ3n) is 5.06. The number of thioether (sulfide) groups is 1. The minimum Gasteiger partial charge on any atom is -0.383 e. The van der Waals surface area contributed by atoms with Crippen LogP contribution in [0.1, 0.15) is 19.4 Å². The minimum atomic E-state index is -0.127. The average Bonchev–Trinajstić information content (AvgIpc) is 3.06. The summed E-state index contributed by atoms with van der Waals surface area (Å²) in [5.74, 6) is 0.733. The van der Waals surface area contributed by atoms with E-state index >= 15 is 0 Å². The van der Waals surface area contributed by atoms with Gasteiger partial charge in [0.1, 0.15) is 0 Å². The fourth-order valence-electron chi connectivity index (χ4n) is 3.65. The number of methoxy groups -OCH3 is 1. The lowest BCUT2D eigenvalue weighted by Gasteiger charge is -2.18. The van der Waals surface area contributed by atoms with Gasteiger partial charge in [0.15, 0.2) is 5.16 Å². The summed E-state index contributed by atoms with van der Waals surface area (Å²) < 4.78 is 8.74. The van der Waals surface area contributed by atoms with Crippen molar-refractivity contribution in [2.45, 2.75) is 31.1 Å². The first-order valence-electron chi connectivity index (χ1n) is 9.90. The Kier molecular flexibility index (Phi) is 6.06. The number of hydrogen-bond acceptors (Lipinski definition) is 5. The van der Waals surface area contributed by atoms with Crippen molar-refractivity contribution >= 4 is 33.7 Å². The zero-order valence-electron chi connectivity index (χ0n) is 17.0. The first-order chi connectivity index (χ1) is 14.6. The number of benzene rings is 2. The van der Waals surface area contributed by atoms with Crippen LogP contribution in [0.5, 0.6) is 0 Å². The highest BCUT2D eigenvalue weighted by Gasteiger charge is 2.16. The Labute approximate surface area is 177 Å². The molecule has 8 heteroatoms. The van der Waals surface area contributed by atoms with Gasteiger partial charge in [-0.3, -0.25) is 13.9 Å². The quantitative estimate of drug-likeness (QED) is 0.266. The fourth-order valence-corrected chi connectivity index (χ4v) is 4.67. The minimum absolute atomic E-state index is 0.0551. The Bertz CT molecular complexity index is 1290. The van der Waals surface area contributed by atoms with Crippen LogP contribution in [0.25, 0.3) is 21.9 Å². The maximum atomic E-state index is 13.1. The molecule has 0 aliphatic heterocycles. The average molecular weight is 425 g/mol. The summed E-state index contributed by atoms with van der Waals surface area (Å²) in [7, 11) is 1.63. The second-order valence-corrected chi connectivity index (χ2v) is 8.25. The van der Waals surface area contributed by atoms with Crippen molar-refractivity contribution in [2.75, 3.05) is 19.5 Å². The van der Waals surface area contributed by atoms with Crippen molar-refractivity contribution < 1.29 is 4.74 Å². The Morgan fingerprint density at radius 2 is 1.90 bits per heavy atom. The molecule has 2 aromatic heterocycles. The highest BCUT2D eigenvalue weighted by atomic mass is 32.2. The molecule has 4 rings (SSSR count). The monoisotopic (exact) mass is 424 g/mol. The maximum Gasteiger partial charge on any atom is 0.326 e. The molecule has 0 radical (unpaired) electrons. The summed E-state index contributed by atoms with van der Waals surface area (Å²) in [4.78, 5) is 32.9. The van der Waals surface area contributed by atoms with E-state index in [2.05, 4.69) is 4.98 Å². The van der Waals surface area contributed by atoms with Crippen LogP contribution in [0.2, 0.25) is 0 Å². The highest BCUT2D eigenvalue weighted by molar-refractivity contribution is 7.99. The maximum absolute atomic E-state index is 13.1. The van der Waals surface area contributed by atoms with Crippen LogP contribution < -0.4 is 11.2 Å². The lowest BCUT2D eigenvalue weighted by atomic mass is 10.2. The molecule has 0 fully saturated rings. The molecule has 0 spiro atoms. The molecule has 7 nitrogen and oxygen atoms in total. The summed E-state index contributed by atoms with van der Waals surface area (Å²) in [6.07, 6.45) is 0.772. The van der Waals surface area contributed by atoms with Crippen LogP contribution >= 0.6 is 11.8 Å². The van der Waals surface area contributed by atoms with Gasteiger partial charge in [-0.2, -0.15) is 0 Å². The zero-order valence-corrected chi connectivity index (χ0v) is 17.8. The number of nitrogens with zero attached hydrogens (tertiary/aromatic N) is 3. The molecule has 1 atom stereocenters. The molecule has 2 heterocycles. The Balaban J connectivity index is 1.56. The smallest absolute Gasteiger partial charge is 0.326 e. The molecule has 0 bridgehead atoms. The van der Waals surface area contributed by atoms with Crippen molar-refractivity contribution in [1.29, 1.82) is 0 Å². The van der Waals surface area contributed by atoms with E-state index in [-0.39, 0.29) is 17.3 Å². The topological polar surface area (TPSA) is 81.9 Å². The van der Waals surface area contributed by atoms with Gasteiger partial charge >= 0.3 is 5.69 Å². The number of rotatable bonds is 8. The normalized spacial score (nSPS) is 12.6. The van der Waals surface area contributed by atoms with E-state index in [0.717, 1.165) is 23.2 Å². The Morgan fingerprint density at radius 3 is 2.73 bits per heavy atom. The van der Waals surface area contributed by atoms with Gasteiger partial charge in [-0.1, -0.05) is 36.0 Å². The second-order valence-electron chi connectivity index (χ2n) is 7.19. The van der Waals surface area contributed by atoms with Gasteiger partial charge in [0.25, 0.3) is 5.56 Å². The van der Waals surface area contributed by atoms with E-state index in [9.17, 15) is 9.59 Å². The molecule has 1 N–H and O–H groups in total. The summed E-state index contributed by atoms with van der Waals surface area (Å²) in [6.45, 7) is 2.98. The third-order valence-corrected chi connectivity index (χ3v) is 6.10. The molecule has 0 unspecified atom stereocenters. The predicted molar refractivity (Wildman–Crippen MR) is 120 cm³/mol. The number of aromatic nitrogens is 4. The number of nitrogens with one attached hydrogen (secondary N) is 1. The molecular formula is C22H24N4O3S. The molecular weight excluding hydrogens is 400 g/mol. The van der Waals surface area contributed by atoms with Crippen LogP contribution in [0.15, 0.2) is 63.3 Å². The molecule has 30 heavy (non-hydrogen) atoms. The van der Waals surface area contributed by atoms with E-state index in [1.807, 2.05) is 49.4 Å². The van der Waals surface area contributed by atoms with Crippen LogP contribution in [-0.4, -0.2) is 38.6 Å².